The lowest BCUT2D eigenvalue weighted by molar-refractivity contribution is -0.136. The number of hydrogen-bond donors (Lipinski definition) is 3. The van der Waals surface area contributed by atoms with Gasteiger partial charge in [-0.05, 0) is 80.1 Å². The van der Waals surface area contributed by atoms with Gasteiger partial charge in [0.2, 0.25) is 0 Å². The van der Waals surface area contributed by atoms with Gasteiger partial charge in [0.25, 0.3) is 5.91 Å². The Bertz CT molecular complexity index is 1190. The van der Waals surface area contributed by atoms with Gasteiger partial charge in [-0.15, -0.1) is 0 Å². The van der Waals surface area contributed by atoms with E-state index in [2.05, 4.69) is 21.2 Å². The standard InChI is InChI=1S/C26H26N4O5/c1-3-34-20-13-9-18(10-14-20)17-27-30-26(33)25(32)29-23-8-6-5-7-22(23)24(31)28-19-11-15-21(16-12-19)35-4-2/h5-17H,3-4H2,1-2H3,(H,28,31)(H,29,32)(H,30,33). The molecule has 0 saturated heterocycles. The summed E-state index contributed by atoms with van der Waals surface area (Å²) in [6.07, 6.45) is 1.40. The first-order valence-electron chi connectivity index (χ1n) is 11.0. The summed E-state index contributed by atoms with van der Waals surface area (Å²) in [6, 6.07) is 20.3. The molecular weight excluding hydrogens is 448 g/mol. The fraction of sp³-hybridized carbons (Fsp3) is 0.154. The van der Waals surface area contributed by atoms with Gasteiger partial charge in [-0.25, -0.2) is 5.43 Å². The van der Waals surface area contributed by atoms with E-state index >= 15 is 0 Å². The molecule has 3 aromatic carbocycles. The predicted octanol–water partition coefficient (Wildman–Crippen LogP) is 3.83. The first-order chi connectivity index (χ1) is 17.0. The number of hydrogen-bond acceptors (Lipinski definition) is 6. The van der Waals surface area contributed by atoms with Crippen LogP contribution in [0.4, 0.5) is 11.4 Å². The van der Waals surface area contributed by atoms with E-state index in [0.29, 0.717) is 30.2 Å². The van der Waals surface area contributed by atoms with Gasteiger partial charge in [-0.1, -0.05) is 12.1 Å². The molecule has 0 bridgehead atoms. The number of hydrazone groups is 1. The van der Waals surface area contributed by atoms with Gasteiger partial charge in [0.15, 0.2) is 0 Å². The molecular formula is C26H26N4O5. The fourth-order valence-electron chi connectivity index (χ4n) is 3.00. The molecule has 0 unspecified atom stereocenters. The average Bonchev–Trinajstić information content (AvgIpc) is 2.87. The number of ether oxygens (including phenoxy) is 2. The van der Waals surface area contributed by atoms with Crippen molar-refractivity contribution in [1.29, 1.82) is 0 Å². The quantitative estimate of drug-likeness (QED) is 0.248. The monoisotopic (exact) mass is 474 g/mol. The smallest absolute Gasteiger partial charge is 0.329 e. The molecule has 0 aliphatic heterocycles. The first kappa shape index (κ1) is 25.0. The van der Waals surface area contributed by atoms with Crippen molar-refractivity contribution < 1.29 is 23.9 Å². The molecule has 9 heteroatoms. The zero-order valence-corrected chi connectivity index (χ0v) is 19.4. The lowest BCUT2D eigenvalue weighted by Crippen LogP contribution is -2.33. The number of benzene rings is 3. The topological polar surface area (TPSA) is 118 Å². The molecule has 0 aliphatic rings. The fourth-order valence-corrected chi connectivity index (χ4v) is 3.00. The minimum Gasteiger partial charge on any atom is -0.494 e. The van der Waals surface area contributed by atoms with E-state index in [1.54, 1.807) is 66.7 Å². The van der Waals surface area contributed by atoms with Crippen molar-refractivity contribution in [2.24, 2.45) is 5.10 Å². The van der Waals surface area contributed by atoms with E-state index in [1.165, 1.54) is 12.3 Å². The zero-order valence-electron chi connectivity index (χ0n) is 19.4. The molecule has 9 nitrogen and oxygen atoms in total. The largest absolute Gasteiger partial charge is 0.494 e. The minimum atomic E-state index is -0.978. The van der Waals surface area contributed by atoms with Crippen molar-refractivity contribution in [1.82, 2.24) is 5.43 Å². The zero-order chi connectivity index (χ0) is 25.0. The van der Waals surface area contributed by atoms with Crippen LogP contribution in [0.2, 0.25) is 0 Å². The van der Waals surface area contributed by atoms with Crippen LogP contribution in [-0.2, 0) is 9.59 Å². The maximum absolute atomic E-state index is 12.8. The highest BCUT2D eigenvalue weighted by Gasteiger charge is 2.17. The molecule has 3 N–H and O–H groups in total. The number of nitrogens with zero attached hydrogens (tertiary/aromatic N) is 1. The first-order valence-corrected chi connectivity index (χ1v) is 11.0. The molecule has 0 fully saturated rings. The molecule has 0 radical (unpaired) electrons. The molecule has 3 amide bonds. The van der Waals surface area contributed by atoms with Crippen molar-refractivity contribution in [2.75, 3.05) is 23.8 Å². The molecule has 3 aromatic rings. The van der Waals surface area contributed by atoms with Crippen LogP contribution in [0, 0.1) is 0 Å². The molecule has 35 heavy (non-hydrogen) atoms. The Morgan fingerprint density at radius 3 is 2.00 bits per heavy atom. The number of nitrogens with one attached hydrogen (secondary N) is 3. The van der Waals surface area contributed by atoms with Gasteiger partial charge in [0.05, 0.1) is 30.7 Å². The summed E-state index contributed by atoms with van der Waals surface area (Å²) in [6.45, 7) is 4.88. The molecule has 0 spiro atoms. The van der Waals surface area contributed by atoms with Crippen molar-refractivity contribution in [3.05, 3.63) is 83.9 Å². The van der Waals surface area contributed by atoms with Crippen LogP contribution in [0.5, 0.6) is 11.5 Å². The summed E-state index contributed by atoms with van der Waals surface area (Å²) >= 11 is 0. The van der Waals surface area contributed by atoms with Gasteiger partial charge >= 0.3 is 11.8 Å². The van der Waals surface area contributed by atoms with E-state index < -0.39 is 17.7 Å². The highest BCUT2D eigenvalue weighted by atomic mass is 16.5. The lowest BCUT2D eigenvalue weighted by atomic mass is 10.1. The summed E-state index contributed by atoms with van der Waals surface area (Å²) in [5.74, 6) is -0.976. The van der Waals surface area contributed by atoms with E-state index in [0.717, 1.165) is 5.75 Å². The number of carbonyl (C=O) groups excluding carboxylic acids is 3. The number of anilines is 2. The number of rotatable bonds is 9. The third kappa shape index (κ3) is 7.43. The van der Waals surface area contributed by atoms with Crippen LogP contribution >= 0.6 is 0 Å². The molecule has 0 saturated carbocycles. The van der Waals surface area contributed by atoms with E-state index in [4.69, 9.17) is 9.47 Å². The van der Waals surface area contributed by atoms with Crippen LogP contribution in [0.3, 0.4) is 0 Å². The summed E-state index contributed by atoms with van der Waals surface area (Å²) in [7, 11) is 0. The Balaban J connectivity index is 1.58. The van der Waals surface area contributed by atoms with Gasteiger partial charge < -0.3 is 20.1 Å². The number of amides is 3. The van der Waals surface area contributed by atoms with Crippen molar-refractivity contribution in [3.63, 3.8) is 0 Å². The van der Waals surface area contributed by atoms with E-state index in [-0.39, 0.29) is 11.3 Å². The summed E-state index contributed by atoms with van der Waals surface area (Å²) in [5, 5.41) is 9.00. The maximum Gasteiger partial charge on any atom is 0.329 e. The van der Waals surface area contributed by atoms with Gasteiger partial charge in [-0.3, -0.25) is 14.4 Å². The highest BCUT2D eigenvalue weighted by molar-refractivity contribution is 6.40. The molecule has 0 heterocycles. The van der Waals surface area contributed by atoms with Gasteiger partial charge in [0.1, 0.15) is 11.5 Å². The van der Waals surface area contributed by atoms with Crippen molar-refractivity contribution in [3.8, 4) is 11.5 Å². The van der Waals surface area contributed by atoms with Crippen LogP contribution in [0.1, 0.15) is 29.8 Å². The second kappa shape index (κ2) is 12.5. The lowest BCUT2D eigenvalue weighted by Gasteiger charge is -2.11. The Labute approximate surface area is 203 Å². The van der Waals surface area contributed by atoms with E-state index in [1.807, 2.05) is 13.8 Å². The van der Waals surface area contributed by atoms with Crippen LogP contribution in [-0.4, -0.2) is 37.1 Å². The van der Waals surface area contributed by atoms with E-state index in [9.17, 15) is 14.4 Å². The van der Waals surface area contributed by atoms with Crippen molar-refractivity contribution in [2.45, 2.75) is 13.8 Å². The molecule has 3 rings (SSSR count). The number of para-hydroxylation sites is 1. The minimum absolute atomic E-state index is 0.187. The van der Waals surface area contributed by atoms with Crippen molar-refractivity contribution >= 4 is 35.3 Å². The van der Waals surface area contributed by atoms with Gasteiger partial charge in [0, 0.05) is 5.69 Å². The van der Waals surface area contributed by atoms with Crippen LogP contribution in [0.25, 0.3) is 0 Å². The molecule has 0 aliphatic carbocycles. The Hall–Kier alpha value is -4.66. The third-order valence-electron chi connectivity index (χ3n) is 4.62. The second-order valence-electron chi connectivity index (χ2n) is 7.11. The predicted molar refractivity (Wildman–Crippen MR) is 134 cm³/mol. The summed E-state index contributed by atoms with van der Waals surface area (Å²) in [4.78, 5) is 37.3. The average molecular weight is 475 g/mol. The highest BCUT2D eigenvalue weighted by Crippen LogP contribution is 2.20. The SMILES string of the molecule is CCOc1ccc(C=NNC(=O)C(=O)Nc2ccccc2C(=O)Nc2ccc(OCC)cc2)cc1. The summed E-state index contributed by atoms with van der Waals surface area (Å²) in [5.41, 5.74) is 3.82. The molecule has 0 atom stereocenters. The Morgan fingerprint density at radius 1 is 0.771 bits per heavy atom. The van der Waals surface area contributed by atoms with Crippen LogP contribution < -0.4 is 25.5 Å². The maximum atomic E-state index is 12.8. The van der Waals surface area contributed by atoms with Gasteiger partial charge in [-0.2, -0.15) is 5.10 Å². The third-order valence-corrected chi connectivity index (χ3v) is 4.62. The molecule has 180 valence electrons. The number of carbonyl (C=O) groups is 3. The Kier molecular flexibility index (Phi) is 8.95. The van der Waals surface area contributed by atoms with Crippen LogP contribution in [0.15, 0.2) is 77.9 Å². The normalized spacial score (nSPS) is 10.5. The Morgan fingerprint density at radius 2 is 1.37 bits per heavy atom. The summed E-state index contributed by atoms with van der Waals surface area (Å²) < 4.78 is 10.8. The second-order valence-corrected chi connectivity index (χ2v) is 7.11. The molecule has 0 aromatic heterocycles.